The van der Waals surface area contributed by atoms with Gasteiger partial charge in [0.2, 0.25) is 0 Å². The van der Waals surface area contributed by atoms with E-state index in [0.29, 0.717) is 6.04 Å². The predicted molar refractivity (Wildman–Crippen MR) is 72.7 cm³/mol. The average molecular weight is 251 g/mol. The molecule has 4 heteroatoms. The molecule has 0 aliphatic carbocycles. The Labute approximate surface area is 110 Å². The second-order valence-electron chi connectivity index (χ2n) is 5.29. The summed E-state index contributed by atoms with van der Waals surface area (Å²) in [5, 5.41) is 3.42. The molecule has 0 saturated carbocycles. The largest absolute Gasteiger partial charge is 0.374 e. The van der Waals surface area contributed by atoms with Crippen LogP contribution in [0.25, 0.3) is 0 Å². The molecule has 1 N–H and O–H groups in total. The fourth-order valence-corrected chi connectivity index (χ4v) is 2.85. The molecule has 0 spiro atoms. The van der Waals surface area contributed by atoms with Crippen LogP contribution in [-0.2, 0) is 17.7 Å². The van der Waals surface area contributed by atoms with Crippen molar-refractivity contribution in [3.05, 3.63) is 18.2 Å². The van der Waals surface area contributed by atoms with E-state index < -0.39 is 0 Å². The van der Waals surface area contributed by atoms with Crippen molar-refractivity contribution < 1.29 is 4.74 Å². The summed E-state index contributed by atoms with van der Waals surface area (Å²) in [4.78, 5) is 4.47. The molecule has 18 heavy (non-hydrogen) atoms. The summed E-state index contributed by atoms with van der Waals surface area (Å²) < 4.78 is 8.25. The highest BCUT2D eigenvalue weighted by Gasteiger charge is 2.36. The second-order valence-corrected chi connectivity index (χ2v) is 5.29. The Hall–Kier alpha value is -0.870. The van der Waals surface area contributed by atoms with Crippen LogP contribution in [-0.4, -0.2) is 34.8 Å². The van der Waals surface area contributed by atoms with Crippen LogP contribution < -0.4 is 5.32 Å². The molecule has 4 nitrogen and oxygen atoms in total. The van der Waals surface area contributed by atoms with E-state index in [2.05, 4.69) is 28.7 Å². The lowest BCUT2D eigenvalue weighted by Gasteiger charge is -2.40. The van der Waals surface area contributed by atoms with Crippen molar-refractivity contribution in [1.29, 1.82) is 0 Å². The van der Waals surface area contributed by atoms with Crippen LogP contribution >= 0.6 is 0 Å². The zero-order chi connectivity index (χ0) is 13.0. The minimum absolute atomic E-state index is 0.0580. The van der Waals surface area contributed by atoms with Crippen LogP contribution in [0.2, 0.25) is 0 Å². The maximum absolute atomic E-state index is 6.04. The molecule has 2 atom stereocenters. The maximum atomic E-state index is 6.04. The number of imidazole rings is 1. The van der Waals surface area contributed by atoms with Gasteiger partial charge in [-0.15, -0.1) is 0 Å². The number of hydrogen-bond acceptors (Lipinski definition) is 3. The average Bonchev–Trinajstić information content (AvgIpc) is 2.83. The van der Waals surface area contributed by atoms with Gasteiger partial charge in [-0.1, -0.05) is 0 Å². The smallest absolute Gasteiger partial charge is 0.110 e. The van der Waals surface area contributed by atoms with Gasteiger partial charge in [0, 0.05) is 38.0 Å². The first kappa shape index (κ1) is 13.6. The summed E-state index contributed by atoms with van der Waals surface area (Å²) in [6.07, 6.45) is 8.44. The number of hydrogen-bond donors (Lipinski definition) is 1. The van der Waals surface area contributed by atoms with Gasteiger partial charge in [-0.25, -0.2) is 4.98 Å². The number of ether oxygens (including phenoxy) is 1. The maximum Gasteiger partial charge on any atom is 0.110 e. The molecule has 1 aliphatic rings. The minimum atomic E-state index is -0.0580. The van der Waals surface area contributed by atoms with Crippen molar-refractivity contribution in [2.75, 3.05) is 13.7 Å². The molecule has 102 valence electrons. The predicted octanol–water partition coefficient (Wildman–Crippen LogP) is 1.99. The highest BCUT2D eigenvalue weighted by atomic mass is 16.5. The molecule has 2 heterocycles. The third kappa shape index (κ3) is 2.75. The van der Waals surface area contributed by atoms with E-state index in [1.165, 1.54) is 12.8 Å². The normalized spacial score (nSPS) is 26.2. The third-order valence-corrected chi connectivity index (χ3v) is 4.11. The lowest BCUT2D eigenvalue weighted by Crippen LogP contribution is -2.52. The number of rotatable bonds is 5. The lowest BCUT2D eigenvalue weighted by atomic mass is 9.86. The van der Waals surface area contributed by atoms with Crippen molar-refractivity contribution in [1.82, 2.24) is 14.9 Å². The molecule has 0 radical (unpaired) electrons. The number of aromatic nitrogens is 2. The Morgan fingerprint density at radius 3 is 3.00 bits per heavy atom. The molecular weight excluding hydrogens is 226 g/mol. The van der Waals surface area contributed by atoms with Crippen LogP contribution in [0.15, 0.2) is 12.4 Å². The van der Waals surface area contributed by atoms with Gasteiger partial charge < -0.3 is 14.6 Å². The first-order valence-electron chi connectivity index (χ1n) is 7.01. The lowest BCUT2D eigenvalue weighted by molar-refractivity contribution is -0.0875. The molecule has 1 aliphatic heterocycles. The highest BCUT2D eigenvalue weighted by molar-refractivity contribution is 5.01. The van der Waals surface area contributed by atoms with Gasteiger partial charge in [0.1, 0.15) is 5.82 Å². The van der Waals surface area contributed by atoms with Crippen LogP contribution in [0, 0.1) is 0 Å². The summed E-state index contributed by atoms with van der Waals surface area (Å²) in [6.45, 7) is 6.24. The van der Waals surface area contributed by atoms with E-state index in [-0.39, 0.29) is 5.60 Å². The number of nitrogens with zero attached hydrogens (tertiary/aromatic N) is 2. The van der Waals surface area contributed by atoms with Crippen LogP contribution in [0.5, 0.6) is 0 Å². The van der Waals surface area contributed by atoms with E-state index in [9.17, 15) is 0 Å². The molecular formula is C14H25N3O. The van der Waals surface area contributed by atoms with Gasteiger partial charge in [-0.2, -0.15) is 0 Å². The molecule has 2 unspecified atom stereocenters. The van der Waals surface area contributed by atoms with Gasteiger partial charge in [-0.05, 0) is 40.2 Å². The van der Waals surface area contributed by atoms with E-state index >= 15 is 0 Å². The molecule has 1 saturated heterocycles. The SMILES string of the molecule is CCn1ccnc1CC(NC)C1(C)CCCCO1. The minimum Gasteiger partial charge on any atom is -0.374 e. The van der Waals surface area contributed by atoms with Crippen molar-refractivity contribution in [3.63, 3.8) is 0 Å². The summed E-state index contributed by atoms with van der Waals surface area (Å²) >= 11 is 0. The van der Waals surface area contributed by atoms with Gasteiger partial charge in [0.25, 0.3) is 0 Å². The van der Waals surface area contributed by atoms with Crippen LogP contribution in [0.3, 0.4) is 0 Å². The molecule has 1 aromatic heterocycles. The van der Waals surface area contributed by atoms with Crippen LogP contribution in [0.1, 0.15) is 38.9 Å². The standard InChI is InChI=1S/C14H25N3O/c1-4-17-9-8-16-13(17)11-12(15-3)14(2)7-5-6-10-18-14/h8-9,12,15H,4-7,10-11H2,1-3H3. The first-order chi connectivity index (χ1) is 8.69. The summed E-state index contributed by atoms with van der Waals surface area (Å²) in [7, 11) is 2.02. The van der Waals surface area contributed by atoms with E-state index in [1.54, 1.807) is 0 Å². The van der Waals surface area contributed by atoms with E-state index in [4.69, 9.17) is 4.74 Å². The summed E-state index contributed by atoms with van der Waals surface area (Å²) in [5.41, 5.74) is -0.0580. The summed E-state index contributed by atoms with van der Waals surface area (Å²) in [6, 6.07) is 0.325. The Kier molecular flexibility index (Phi) is 4.40. The number of likely N-dealkylation sites (N-methyl/N-ethyl adjacent to an activating group) is 1. The van der Waals surface area contributed by atoms with Gasteiger partial charge >= 0.3 is 0 Å². The summed E-state index contributed by atoms with van der Waals surface area (Å²) in [5.74, 6) is 1.15. The van der Waals surface area contributed by atoms with Crippen molar-refractivity contribution in [2.45, 2.75) is 57.7 Å². The fourth-order valence-electron chi connectivity index (χ4n) is 2.85. The number of nitrogens with one attached hydrogen (secondary N) is 1. The van der Waals surface area contributed by atoms with Crippen molar-refractivity contribution in [3.8, 4) is 0 Å². The Morgan fingerprint density at radius 1 is 1.56 bits per heavy atom. The highest BCUT2D eigenvalue weighted by Crippen LogP contribution is 2.29. The van der Waals surface area contributed by atoms with E-state index in [1.807, 2.05) is 19.4 Å². The van der Waals surface area contributed by atoms with Gasteiger partial charge in [-0.3, -0.25) is 0 Å². The molecule has 2 rings (SSSR count). The molecule has 1 fully saturated rings. The van der Waals surface area contributed by atoms with Gasteiger partial charge in [0.05, 0.1) is 5.60 Å². The van der Waals surface area contributed by atoms with Gasteiger partial charge in [0.15, 0.2) is 0 Å². The molecule has 1 aromatic rings. The van der Waals surface area contributed by atoms with Crippen LogP contribution in [0.4, 0.5) is 0 Å². The van der Waals surface area contributed by atoms with E-state index in [0.717, 1.165) is 31.8 Å². The third-order valence-electron chi connectivity index (χ3n) is 4.11. The second kappa shape index (κ2) is 5.85. The first-order valence-corrected chi connectivity index (χ1v) is 7.01. The zero-order valence-electron chi connectivity index (χ0n) is 11.8. The quantitative estimate of drug-likeness (QED) is 0.870. The zero-order valence-corrected chi connectivity index (χ0v) is 11.8. The molecule has 0 amide bonds. The fraction of sp³-hybridized carbons (Fsp3) is 0.786. The molecule has 0 bridgehead atoms. The topological polar surface area (TPSA) is 39.1 Å². The molecule has 0 aromatic carbocycles. The Bertz CT molecular complexity index is 369. The Morgan fingerprint density at radius 2 is 2.39 bits per heavy atom. The van der Waals surface area contributed by atoms with Crippen molar-refractivity contribution >= 4 is 0 Å². The Balaban J connectivity index is 2.09. The monoisotopic (exact) mass is 251 g/mol. The van der Waals surface area contributed by atoms with Crippen molar-refractivity contribution in [2.24, 2.45) is 0 Å². The number of aryl methyl sites for hydroxylation is 1.